The molecule has 9 nitrogen and oxygen atoms in total. The summed E-state index contributed by atoms with van der Waals surface area (Å²) in [5.74, 6) is 1.07. The van der Waals surface area contributed by atoms with Gasteiger partial charge in [-0.25, -0.2) is 18.4 Å². The maximum absolute atomic E-state index is 13.1. The lowest BCUT2D eigenvalue weighted by Crippen LogP contribution is -2.32. The van der Waals surface area contributed by atoms with Gasteiger partial charge in [0, 0.05) is 13.2 Å². The lowest BCUT2D eigenvalue weighted by molar-refractivity contribution is 0.0855. The van der Waals surface area contributed by atoms with Crippen molar-refractivity contribution < 1.29 is 22.4 Å². The van der Waals surface area contributed by atoms with Crippen molar-refractivity contribution in [2.75, 3.05) is 24.7 Å². The van der Waals surface area contributed by atoms with E-state index in [9.17, 15) is 13.2 Å². The summed E-state index contributed by atoms with van der Waals surface area (Å²) in [7, 11) is -3.08. The summed E-state index contributed by atoms with van der Waals surface area (Å²) in [6.07, 6.45) is 3.98. The first-order valence-electron chi connectivity index (χ1n) is 10.4. The number of hydrogen-bond acceptors (Lipinski definition) is 7. The number of amides is 1. The first-order valence-corrected chi connectivity index (χ1v) is 12.3. The average molecular weight is 445 g/mol. The maximum Gasteiger partial charge on any atom is 0.272 e. The molecule has 3 aromatic heterocycles. The third-order valence-electron chi connectivity index (χ3n) is 5.93. The molecule has 0 bridgehead atoms. The third kappa shape index (κ3) is 3.85. The van der Waals surface area contributed by atoms with Crippen LogP contribution in [0.15, 0.2) is 28.9 Å². The number of nitrogens with zero attached hydrogens (tertiary/aromatic N) is 3. The normalized spacial score (nSPS) is 22.9. The van der Waals surface area contributed by atoms with Gasteiger partial charge in [0.15, 0.2) is 21.3 Å². The Labute approximate surface area is 179 Å². The molecule has 1 N–H and O–H groups in total. The Morgan fingerprint density at radius 3 is 2.87 bits per heavy atom. The Kier molecular flexibility index (Phi) is 5.05. The Morgan fingerprint density at radius 2 is 2.19 bits per heavy atom. The van der Waals surface area contributed by atoms with Crippen LogP contribution in [0.5, 0.6) is 0 Å². The van der Waals surface area contributed by atoms with Gasteiger partial charge in [0.1, 0.15) is 17.0 Å². The second-order valence-electron chi connectivity index (χ2n) is 8.13. The van der Waals surface area contributed by atoms with Crippen LogP contribution in [0, 0.1) is 6.92 Å². The molecule has 0 aliphatic carbocycles. The van der Waals surface area contributed by atoms with Crippen molar-refractivity contribution in [3.8, 4) is 11.5 Å². The molecule has 2 saturated heterocycles. The van der Waals surface area contributed by atoms with Crippen LogP contribution in [0.1, 0.15) is 41.6 Å². The van der Waals surface area contributed by atoms with Crippen molar-refractivity contribution in [3.05, 3.63) is 36.0 Å². The van der Waals surface area contributed by atoms with Gasteiger partial charge in [-0.2, -0.15) is 0 Å². The SMILES string of the molecule is Cc1nc2c(C(=O)NCC3CCCO3)nc(-c3ccco3)cc2n1C1CCS(=O)(=O)C1. The Balaban J connectivity index is 1.58. The minimum absolute atomic E-state index is 0.00989. The number of rotatable bonds is 5. The van der Waals surface area contributed by atoms with Gasteiger partial charge >= 0.3 is 0 Å². The highest BCUT2D eigenvalue weighted by Gasteiger charge is 2.32. The molecule has 0 radical (unpaired) electrons. The molecule has 2 fully saturated rings. The molecule has 1 amide bonds. The summed E-state index contributed by atoms with van der Waals surface area (Å²) in [6, 6.07) is 5.13. The van der Waals surface area contributed by atoms with Crippen LogP contribution in [0.2, 0.25) is 0 Å². The van der Waals surface area contributed by atoms with E-state index in [1.165, 1.54) is 0 Å². The van der Waals surface area contributed by atoms with E-state index in [0.29, 0.717) is 47.9 Å². The van der Waals surface area contributed by atoms with E-state index >= 15 is 0 Å². The molecule has 2 aliphatic rings. The van der Waals surface area contributed by atoms with Gasteiger partial charge in [0.2, 0.25) is 0 Å². The van der Waals surface area contributed by atoms with E-state index in [0.717, 1.165) is 12.8 Å². The molecule has 3 aromatic rings. The molecular formula is C21H24N4O5S. The number of hydrogen-bond donors (Lipinski definition) is 1. The van der Waals surface area contributed by atoms with Crippen LogP contribution in [0.3, 0.4) is 0 Å². The summed E-state index contributed by atoms with van der Waals surface area (Å²) < 4.78 is 37.2. The standard InChI is InChI=1S/C21H24N4O5S/c1-13-23-19-17(25(13)14-6-9-31(27,28)12-14)10-16(18-5-3-8-30-18)24-20(19)21(26)22-11-15-4-2-7-29-15/h3,5,8,10,14-15H,2,4,6-7,9,11-12H2,1H3,(H,22,26). The van der Waals surface area contributed by atoms with Gasteiger partial charge in [-0.15, -0.1) is 0 Å². The molecule has 0 saturated carbocycles. The molecule has 0 spiro atoms. The van der Waals surface area contributed by atoms with E-state index in [2.05, 4.69) is 15.3 Å². The Morgan fingerprint density at radius 1 is 1.32 bits per heavy atom. The van der Waals surface area contributed by atoms with Crippen LogP contribution >= 0.6 is 0 Å². The molecule has 5 rings (SSSR count). The Hall–Kier alpha value is -2.72. The minimum atomic E-state index is -3.08. The van der Waals surface area contributed by atoms with E-state index in [1.807, 2.05) is 17.6 Å². The summed E-state index contributed by atoms with van der Waals surface area (Å²) in [5, 5.41) is 2.91. The van der Waals surface area contributed by atoms with Crippen LogP contribution in [-0.4, -0.2) is 59.6 Å². The number of ether oxygens (including phenoxy) is 1. The fourth-order valence-corrected chi connectivity index (χ4v) is 6.15. The lowest BCUT2D eigenvalue weighted by Gasteiger charge is -2.14. The zero-order chi connectivity index (χ0) is 21.6. The molecule has 2 atom stereocenters. The fraction of sp³-hybridized carbons (Fsp3) is 0.476. The number of imidazole rings is 1. The van der Waals surface area contributed by atoms with Crippen LogP contribution in [-0.2, 0) is 14.6 Å². The zero-order valence-electron chi connectivity index (χ0n) is 17.2. The highest BCUT2D eigenvalue weighted by Crippen LogP contribution is 2.32. The smallest absolute Gasteiger partial charge is 0.272 e. The number of fused-ring (bicyclic) bond motifs is 1. The van der Waals surface area contributed by atoms with Gasteiger partial charge in [-0.3, -0.25) is 4.79 Å². The monoisotopic (exact) mass is 444 g/mol. The van der Waals surface area contributed by atoms with Crippen molar-refractivity contribution in [3.63, 3.8) is 0 Å². The lowest BCUT2D eigenvalue weighted by atomic mass is 10.2. The van der Waals surface area contributed by atoms with Crippen LogP contribution in [0.25, 0.3) is 22.5 Å². The second-order valence-corrected chi connectivity index (χ2v) is 10.4. The van der Waals surface area contributed by atoms with Gasteiger partial charge in [-0.05, 0) is 44.4 Å². The molecule has 10 heteroatoms. The molecule has 5 heterocycles. The van der Waals surface area contributed by atoms with Crippen LogP contribution < -0.4 is 5.32 Å². The van der Waals surface area contributed by atoms with E-state index in [1.54, 1.807) is 18.4 Å². The number of aryl methyl sites for hydroxylation is 1. The Bertz CT molecular complexity index is 1230. The topological polar surface area (TPSA) is 116 Å². The largest absolute Gasteiger partial charge is 0.463 e. The summed E-state index contributed by atoms with van der Waals surface area (Å²) >= 11 is 0. The average Bonchev–Trinajstić information content (AvgIpc) is 3.52. The number of pyridine rings is 1. The van der Waals surface area contributed by atoms with E-state index in [4.69, 9.17) is 9.15 Å². The number of nitrogens with one attached hydrogen (secondary N) is 1. The van der Waals surface area contributed by atoms with Crippen molar-refractivity contribution in [1.82, 2.24) is 19.9 Å². The number of aromatic nitrogens is 3. The van der Waals surface area contributed by atoms with Crippen molar-refractivity contribution in [1.29, 1.82) is 0 Å². The van der Waals surface area contributed by atoms with Gasteiger partial charge < -0.3 is 19.0 Å². The quantitative estimate of drug-likeness (QED) is 0.642. The summed E-state index contributed by atoms with van der Waals surface area (Å²) in [5.41, 5.74) is 1.84. The highest BCUT2D eigenvalue weighted by atomic mass is 32.2. The highest BCUT2D eigenvalue weighted by molar-refractivity contribution is 7.91. The van der Waals surface area contributed by atoms with Crippen LogP contribution in [0.4, 0.5) is 0 Å². The maximum atomic E-state index is 13.1. The fourth-order valence-electron chi connectivity index (χ4n) is 4.45. The van der Waals surface area contributed by atoms with E-state index < -0.39 is 9.84 Å². The summed E-state index contributed by atoms with van der Waals surface area (Å²) in [4.78, 5) is 22.2. The van der Waals surface area contributed by atoms with Crippen molar-refractivity contribution in [2.24, 2.45) is 0 Å². The molecule has 31 heavy (non-hydrogen) atoms. The predicted octanol–water partition coefficient (Wildman–Crippen LogP) is 2.27. The number of sulfone groups is 1. The number of furan rings is 1. The molecular weight excluding hydrogens is 420 g/mol. The van der Waals surface area contributed by atoms with E-state index in [-0.39, 0.29) is 35.3 Å². The number of carbonyl (C=O) groups excluding carboxylic acids is 1. The summed E-state index contributed by atoms with van der Waals surface area (Å²) in [6.45, 7) is 2.95. The van der Waals surface area contributed by atoms with Gasteiger partial charge in [0.25, 0.3) is 5.91 Å². The third-order valence-corrected chi connectivity index (χ3v) is 7.68. The molecule has 164 valence electrons. The number of carbonyl (C=O) groups is 1. The van der Waals surface area contributed by atoms with Crippen molar-refractivity contribution in [2.45, 2.75) is 38.3 Å². The predicted molar refractivity (Wildman–Crippen MR) is 114 cm³/mol. The van der Waals surface area contributed by atoms with Gasteiger partial charge in [-0.1, -0.05) is 0 Å². The first kappa shape index (κ1) is 20.2. The molecule has 2 unspecified atom stereocenters. The molecule has 2 aliphatic heterocycles. The van der Waals surface area contributed by atoms with Crippen molar-refractivity contribution >= 4 is 26.8 Å². The molecule has 0 aromatic carbocycles. The second kappa shape index (κ2) is 7.76. The zero-order valence-corrected chi connectivity index (χ0v) is 18.0. The van der Waals surface area contributed by atoms with Gasteiger partial charge in [0.05, 0.1) is 35.4 Å². The minimum Gasteiger partial charge on any atom is -0.463 e. The first-order chi connectivity index (χ1) is 14.9.